The second kappa shape index (κ2) is 7.95. The summed E-state index contributed by atoms with van der Waals surface area (Å²) in [7, 11) is -3.96. The van der Waals surface area contributed by atoms with Crippen molar-refractivity contribution in [3.8, 4) is 0 Å². The van der Waals surface area contributed by atoms with E-state index in [4.69, 9.17) is 0 Å². The molecular formula is C17H16F4N2O3S. The maximum absolute atomic E-state index is 13.9. The number of sulfonamides is 1. The molecule has 27 heavy (non-hydrogen) atoms. The fourth-order valence-electron chi connectivity index (χ4n) is 2.28. The van der Waals surface area contributed by atoms with E-state index in [0.717, 1.165) is 24.5 Å². The molecule has 0 atom stereocenters. The predicted octanol–water partition coefficient (Wildman–Crippen LogP) is 2.93. The van der Waals surface area contributed by atoms with E-state index in [1.54, 1.807) is 0 Å². The van der Waals surface area contributed by atoms with Gasteiger partial charge in [0.25, 0.3) is 0 Å². The Morgan fingerprint density at radius 1 is 1.11 bits per heavy atom. The van der Waals surface area contributed by atoms with E-state index < -0.39 is 40.0 Å². The zero-order chi connectivity index (χ0) is 20.2. The van der Waals surface area contributed by atoms with Crippen LogP contribution < -0.4 is 9.62 Å². The molecule has 0 radical (unpaired) electrons. The standard InChI is InChI=1S/C17H16F4N2O3S/c1-27(25,26)23(15-8-3-2-7-14(15)18)11-16(24)22-10-12-5-4-6-13(9-12)17(19,20)21/h2-9H,10-11H2,1H3,(H,22,24). The molecule has 1 N–H and O–H groups in total. The Morgan fingerprint density at radius 2 is 1.78 bits per heavy atom. The highest BCUT2D eigenvalue weighted by molar-refractivity contribution is 7.92. The van der Waals surface area contributed by atoms with Crippen LogP contribution in [0, 0.1) is 5.82 Å². The monoisotopic (exact) mass is 404 g/mol. The number of alkyl halides is 3. The molecule has 0 fully saturated rings. The van der Waals surface area contributed by atoms with Crippen LogP contribution in [-0.4, -0.2) is 27.1 Å². The van der Waals surface area contributed by atoms with E-state index in [1.165, 1.54) is 30.3 Å². The zero-order valence-corrected chi connectivity index (χ0v) is 14.9. The number of carbonyl (C=O) groups is 1. The summed E-state index contributed by atoms with van der Waals surface area (Å²) in [5, 5.41) is 2.33. The molecule has 0 aliphatic rings. The van der Waals surface area contributed by atoms with Crippen molar-refractivity contribution in [3.05, 3.63) is 65.5 Å². The number of para-hydroxylation sites is 1. The van der Waals surface area contributed by atoms with E-state index in [1.807, 2.05) is 0 Å². The molecule has 10 heteroatoms. The molecule has 0 bridgehead atoms. The van der Waals surface area contributed by atoms with Crippen molar-refractivity contribution in [1.29, 1.82) is 0 Å². The predicted molar refractivity (Wildman–Crippen MR) is 91.9 cm³/mol. The van der Waals surface area contributed by atoms with E-state index in [2.05, 4.69) is 5.32 Å². The molecule has 2 rings (SSSR count). The van der Waals surface area contributed by atoms with Crippen LogP contribution in [0.5, 0.6) is 0 Å². The highest BCUT2D eigenvalue weighted by atomic mass is 32.2. The SMILES string of the molecule is CS(=O)(=O)N(CC(=O)NCc1cccc(C(F)(F)F)c1)c1ccccc1F. The lowest BCUT2D eigenvalue weighted by Crippen LogP contribution is -2.40. The molecule has 0 aromatic heterocycles. The van der Waals surface area contributed by atoms with Gasteiger partial charge in [-0.1, -0.05) is 24.3 Å². The Morgan fingerprint density at radius 3 is 2.37 bits per heavy atom. The summed E-state index contributed by atoms with van der Waals surface area (Å²) in [6, 6.07) is 9.40. The molecule has 0 heterocycles. The summed E-state index contributed by atoms with van der Waals surface area (Å²) < 4.78 is 76.4. The minimum Gasteiger partial charge on any atom is -0.350 e. The topological polar surface area (TPSA) is 66.5 Å². The lowest BCUT2D eigenvalue weighted by atomic mass is 10.1. The van der Waals surface area contributed by atoms with Gasteiger partial charge in [0.15, 0.2) is 0 Å². The Bertz CT molecular complexity index is 930. The summed E-state index contributed by atoms with van der Waals surface area (Å²) in [5.74, 6) is -1.62. The number of benzene rings is 2. The third-order valence-corrected chi connectivity index (χ3v) is 4.68. The van der Waals surface area contributed by atoms with Crippen LogP contribution >= 0.6 is 0 Å². The van der Waals surface area contributed by atoms with Gasteiger partial charge in [-0.3, -0.25) is 9.10 Å². The van der Waals surface area contributed by atoms with Gasteiger partial charge in [-0.2, -0.15) is 13.2 Å². The lowest BCUT2D eigenvalue weighted by Gasteiger charge is -2.22. The van der Waals surface area contributed by atoms with Gasteiger partial charge in [-0.15, -0.1) is 0 Å². The van der Waals surface area contributed by atoms with Gasteiger partial charge in [0.05, 0.1) is 17.5 Å². The van der Waals surface area contributed by atoms with E-state index in [-0.39, 0.29) is 17.8 Å². The van der Waals surface area contributed by atoms with Crippen molar-refractivity contribution < 1.29 is 30.8 Å². The third kappa shape index (κ3) is 5.68. The Balaban J connectivity index is 2.10. The largest absolute Gasteiger partial charge is 0.416 e. The summed E-state index contributed by atoms with van der Waals surface area (Å²) >= 11 is 0. The van der Waals surface area contributed by atoms with Gasteiger partial charge in [0, 0.05) is 6.54 Å². The first-order valence-electron chi connectivity index (χ1n) is 7.63. The first-order valence-corrected chi connectivity index (χ1v) is 9.48. The quantitative estimate of drug-likeness (QED) is 0.753. The van der Waals surface area contributed by atoms with E-state index >= 15 is 0 Å². The molecule has 0 spiro atoms. The molecule has 146 valence electrons. The molecule has 0 aliphatic heterocycles. The molecule has 5 nitrogen and oxygen atoms in total. The summed E-state index contributed by atoms with van der Waals surface area (Å²) in [5.41, 5.74) is -0.970. The lowest BCUT2D eigenvalue weighted by molar-refractivity contribution is -0.137. The van der Waals surface area contributed by atoms with Crippen molar-refractivity contribution in [1.82, 2.24) is 5.32 Å². The van der Waals surface area contributed by atoms with Crippen LogP contribution in [0.15, 0.2) is 48.5 Å². The molecule has 0 aliphatic carbocycles. The molecule has 0 unspecified atom stereocenters. The second-order valence-electron chi connectivity index (χ2n) is 5.70. The number of hydrogen-bond donors (Lipinski definition) is 1. The van der Waals surface area contributed by atoms with Crippen molar-refractivity contribution in [2.75, 3.05) is 17.1 Å². The molecule has 2 aromatic carbocycles. The highest BCUT2D eigenvalue weighted by Gasteiger charge is 2.30. The third-order valence-electron chi connectivity index (χ3n) is 3.55. The van der Waals surface area contributed by atoms with Gasteiger partial charge in [0.2, 0.25) is 15.9 Å². The average Bonchev–Trinajstić information content (AvgIpc) is 2.57. The minimum atomic E-state index is -4.52. The summed E-state index contributed by atoms with van der Waals surface area (Å²) in [4.78, 5) is 12.1. The second-order valence-corrected chi connectivity index (χ2v) is 7.60. The van der Waals surface area contributed by atoms with Crippen LogP contribution in [0.2, 0.25) is 0 Å². The Kier molecular flexibility index (Phi) is 6.09. The number of nitrogens with one attached hydrogen (secondary N) is 1. The van der Waals surface area contributed by atoms with Gasteiger partial charge in [-0.05, 0) is 29.8 Å². The maximum Gasteiger partial charge on any atom is 0.416 e. The first-order chi connectivity index (χ1) is 12.5. The van der Waals surface area contributed by atoms with E-state index in [9.17, 15) is 30.8 Å². The molecular weight excluding hydrogens is 388 g/mol. The van der Waals surface area contributed by atoms with Crippen molar-refractivity contribution >= 4 is 21.6 Å². The Hall–Kier alpha value is -2.62. The van der Waals surface area contributed by atoms with Crippen LogP contribution in [0.25, 0.3) is 0 Å². The normalized spacial score (nSPS) is 11.9. The minimum absolute atomic E-state index is 0.190. The van der Waals surface area contributed by atoms with Gasteiger partial charge in [-0.25, -0.2) is 12.8 Å². The molecule has 0 saturated heterocycles. The zero-order valence-electron chi connectivity index (χ0n) is 14.1. The fourth-order valence-corrected chi connectivity index (χ4v) is 3.14. The van der Waals surface area contributed by atoms with Crippen LogP contribution in [-0.2, 0) is 27.5 Å². The molecule has 1 amide bonds. The molecule has 0 saturated carbocycles. The van der Waals surface area contributed by atoms with Crippen molar-refractivity contribution in [2.24, 2.45) is 0 Å². The number of carbonyl (C=O) groups excluding carboxylic acids is 1. The van der Waals surface area contributed by atoms with Crippen LogP contribution in [0.4, 0.5) is 23.2 Å². The summed E-state index contributed by atoms with van der Waals surface area (Å²) in [6.07, 6.45) is -3.70. The van der Waals surface area contributed by atoms with Crippen LogP contribution in [0.3, 0.4) is 0 Å². The first kappa shape index (κ1) is 20.7. The van der Waals surface area contributed by atoms with Crippen molar-refractivity contribution in [3.63, 3.8) is 0 Å². The average molecular weight is 404 g/mol. The number of halogens is 4. The molecule has 2 aromatic rings. The number of nitrogens with zero attached hydrogens (tertiary/aromatic N) is 1. The highest BCUT2D eigenvalue weighted by Crippen LogP contribution is 2.29. The number of rotatable bonds is 6. The number of hydrogen-bond acceptors (Lipinski definition) is 3. The van der Waals surface area contributed by atoms with Gasteiger partial charge >= 0.3 is 6.18 Å². The summed E-state index contributed by atoms with van der Waals surface area (Å²) in [6.45, 7) is -0.948. The van der Waals surface area contributed by atoms with Crippen molar-refractivity contribution in [2.45, 2.75) is 12.7 Å². The fraction of sp³-hybridized carbons (Fsp3) is 0.235. The number of anilines is 1. The van der Waals surface area contributed by atoms with Gasteiger partial charge in [0.1, 0.15) is 12.4 Å². The van der Waals surface area contributed by atoms with Gasteiger partial charge < -0.3 is 5.32 Å². The maximum atomic E-state index is 13.9. The Labute approximate surface area is 153 Å². The van der Waals surface area contributed by atoms with Crippen LogP contribution in [0.1, 0.15) is 11.1 Å². The number of amides is 1. The van der Waals surface area contributed by atoms with E-state index in [0.29, 0.717) is 4.31 Å². The smallest absolute Gasteiger partial charge is 0.350 e.